The fourth-order valence-electron chi connectivity index (χ4n) is 1.84. The van der Waals surface area contributed by atoms with E-state index in [1.165, 1.54) is 0 Å². The van der Waals surface area contributed by atoms with E-state index in [1.54, 1.807) is 19.4 Å². The van der Waals surface area contributed by atoms with E-state index in [1.807, 2.05) is 4.90 Å². The van der Waals surface area contributed by atoms with E-state index in [0.717, 1.165) is 0 Å². The topological polar surface area (TPSA) is 79.4 Å². The zero-order valence-electron chi connectivity index (χ0n) is 11.1. The third kappa shape index (κ3) is 4.06. The highest BCUT2D eigenvalue weighted by molar-refractivity contribution is 5.76. The number of carbonyl (C=O) groups excluding carboxylic acids is 1. The summed E-state index contributed by atoms with van der Waals surface area (Å²) >= 11 is 0. The molecule has 0 saturated carbocycles. The van der Waals surface area contributed by atoms with Gasteiger partial charge in [0.15, 0.2) is 0 Å². The van der Waals surface area contributed by atoms with Crippen LogP contribution in [0, 0.1) is 0 Å². The van der Waals surface area contributed by atoms with Crippen molar-refractivity contribution >= 4 is 17.5 Å². The summed E-state index contributed by atoms with van der Waals surface area (Å²) in [5.41, 5.74) is 0. The molecule has 2 N–H and O–H groups in total. The van der Waals surface area contributed by atoms with Gasteiger partial charge in [-0.3, -0.25) is 9.78 Å². The second-order valence-electron chi connectivity index (χ2n) is 4.21. The molecule has 1 aliphatic heterocycles. The van der Waals surface area contributed by atoms with Crippen molar-refractivity contribution in [3.63, 3.8) is 0 Å². The molecule has 2 rings (SSSR count). The molecule has 0 radical (unpaired) electrons. The predicted octanol–water partition coefficient (Wildman–Crippen LogP) is 0.179. The summed E-state index contributed by atoms with van der Waals surface area (Å²) in [6.45, 7) is 3.20. The first kappa shape index (κ1) is 13.5. The van der Waals surface area contributed by atoms with Crippen molar-refractivity contribution in [3.05, 3.63) is 12.4 Å². The van der Waals surface area contributed by atoms with Crippen LogP contribution in [0.25, 0.3) is 0 Å². The smallest absolute Gasteiger partial charge is 0.224 e. The highest BCUT2D eigenvalue weighted by atomic mass is 16.5. The van der Waals surface area contributed by atoms with Gasteiger partial charge in [-0.15, -0.1) is 0 Å². The average Bonchev–Trinajstić information content (AvgIpc) is 2.48. The quantitative estimate of drug-likeness (QED) is 0.790. The molecule has 0 aromatic carbocycles. The molecule has 19 heavy (non-hydrogen) atoms. The van der Waals surface area contributed by atoms with Crippen LogP contribution in [0.2, 0.25) is 0 Å². The van der Waals surface area contributed by atoms with Crippen LogP contribution >= 0.6 is 0 Å². The molecule has 1 aromatic rings. The molecule has 1 fully saturated rings. The summed E-state index contributed by atoms with van der Waals surface area (Å²) in [5.74, 6) is 1.51. The average molecular weight is 265 g/mol. The first-order valence-electron chi connectivity index (χ1n) is 6.39. The molecule has 7 nitrogen and oxygen atoms in total. The van der Waals surface area contributed by atoms with Crippen LogP contribution in [0.5, 0.6) is 0 Å². The Hall–Kier alpha value is -1.89. The van der Waals surface area contributed by atoms with Crippen molar-refractivity contribution in [2.24, 2.45) is 0 Å². The SMILES string of the molecule is CNc1cncc(NCCC(=O)N2CCOCC2)n1. The number of nitrogens with one attached hydrogen (secondary N) is 2. The van der Waals surface area contributed by atoms with Crippen molar-refractivity contribution in [1.29, 1.82) is 0 Å². The largest absolute Gasteiger partial charge is 0.378 e. The van der Waals surface area contributed by atoms with Gasteiger partial charge in [0.2, 0.25) is 5.91 Å². The van der Waals surface area contributed by atoms with Crippen LogP contribution < -0.4 is 10.6 Å². The van der Waals surface area contributed by atoms with Gasteiger partial charge in [0.25, 0.3) is 0 Å². The summed E-state index contributed by atoms with van der Waals surface area (Å²) in [6.07, 6.45) is 3.73. The maximum absolute atomic E-state index is 11.9. The van der Waals surface area contributed by atoms with Crippen LogP contribution in [0.1, 0.15) is 6.42 Å². The van der Waals surface area contributed by atoms with Crippen LogP contribution in [-0.4, -0.2) is 60.7 Å². The Morgan fingerprint density at radius 3 is 2.84 bits per heavy atom. The second kappa shape index (κ2) is 6.89. The second-order valence-corrected chi connectivity index (χ2v) is 4.21. The Morgan fingerprint density at radius 1 is 1.37 bits per heavy atom. The third-order valence-corrected chi connectivity index (χ3v) is 2.90. The van der Waals surface area contributed by atoms with Gasteiger partial charge in [-0.25, -0.2) is 4.98 Å². The fraction of sp³-hybridized carbons (Fsp3) is 0.583. The number of nitrogens with zero attached hydrogens (tertiary/aromatic N) is 3. The van der Waals surface area contributed by atoms with Gasteiger partial charge >= 0.3 is 0 Å². The molecule has 0 bridgehead atoms. The van der Waals surface area contributed by atoms with Gasteiger partial charge in [0, 0.05) is 33.1 Å². The zero-order valence-corrected chi connectivity index (χ0v) is 11.1. The molecule has 1 aliphatic rings. The van der Waals surface area contributed by atoms with Crippen LogP contribution in [0.3, 0.4) is 0 Å². The lowest BCUT2D eigenvalue weighted by atomic mass is 10.3. The highest BCUT2D eigenvalue weighted by Crippen LogP contribution is 2.06. The van der Waals surface area contributed by atoms with Gasteiger partial charge in [-0.05, 0) is 0 Å². The molecule has 0 unspecified atom stereocenters. The molecular formula is C12H19N5O2. The maximum Gasteiger partial charge on any atom is 0.224 e. The third-order valence-electron chi connectivity index (χ3n) is 2.90. The van der Waals surface area contributed by atoms with Crippen molar-refractivity contribution < 1.29 is 9.53 Å². The standard InChI is InChI=1S/C12H19N5O2/c1-13-10-8-14-9-11(16-10)15-3-2-12(18)17-4-6-19-7-5-17/h8-9H,2-7H2,1H3,(H2,13,15,16). The lowest BCUT2D eigenvalue weighted by Gasteiger charge is -2.26. The number of aromatic nitrogens is 2. The number of ether oxygens (including phenoxy) is 1. The number of rotatable bonds is 5. The summed E-state index contributed by atoms with van der Waals surface area (Å²) in [5, 5.41) is 6.01. The van der Waals surface area contributed by atoms with Gasteiger partial charge < -0.3 is 20.3 Å². The Balaban J connectivity index is 1.74. The van der Waals surface area contributed by atoms with E-state index in [0.29, 0.717) is 50.9 Å². The van der Waals surface area contributed by atoms with E-state index in [4.69, 9.17) is 4.74 Å². The number of hydrogen-bond acceptors (Lipinski definition) is 6. The highest BCUT2D eigenvalue weighted by Gasteiger charge is 2.15. The Bertz CT molecular complexity index is 420. The van der Waals surface area contributed by atoms with Crippen molar-refractivity contribution in [2.75, 3.05) is 50.5 Å². The molecule has 7 heteroatoms. The number of hydrogen-bond donors (Lipinski definition) is 2. The molecule has 1 aromatic heterocycles. The van der Waals surface area contributed by atoms with Gasteiger partial charge in [0.1, 0.15) is 11.6 Å². The molecule has 1 saturated heterocycles. The van der Waals surface area contributed by atoms with Gasteiger partial charge in [-0.2, -0.15) is 0 Å². The Morgan fingerprint density at radius 2 is 2.11 bits per heavy atom. The van der Waals surface area contributed by atoms with Crippen LogP contribution in [0.4, 0.5) is 11.6 Å². The number of morpholine rings is 1. The van der Waals surface area contributed by atoms with Gasteiger partial charge in [0.05, 0.1) is 25.6 Å². The first-order valence-corrected chi connectivity index (χ1v) is 6.39. The monoisotopic (exact) mass is 265 g/mol. The van der Waals surface area contributed by atoms with E-state index in [-0.39, 0.29) is 5.91 Å². The summed E-state index contributed by atoms with van der Waals surface area (Å²) in [7, 11) is 1.79. The molecule has 0 aliphatic carbocycles. The number of carbonyl (C=O) groups is 1. The summed E-state index contributed by atoms with van der Waals surface area (Å²) in [4.78, 5) is 22.0. The lowest BCUT2D eigenvalue weighted by Crippen LogP contribution is -2.41. The minimum atomic E-state index is 0.147. The summed E-state index contributed by atoms with van der Waals surface area (Å²) < 4.78 is 5.21. The molecule has 0 spiro atoms. The molecular weight excluding hydrogens is 246 g/mol. The lowest BCUT2D eigenvalue weighted by molar-refractivity contribution is -0.134. The Labute approximate surface area is 112 Å². The number of anilines is 2. The van der Waals surface area contributed by atoms with Crippen molar-refractivity contribution in [2.45, 2.75) is 6.42 Å². The van der Waals surface area contributed by atoms with E-state index < -0.39 is 0 Å². The fourth-order valence-corrected chi connectivity index (χ4v) is 1.84. The minimum Gasteiger partial charge on any atom is -0.378 e. The predicted molar refractivity (Wildman–Crippen MR) is 72.1 cm³/mol. The zero-order chi connectivity index (χ0) is 13.5. The maximum atomic E-state index is 11.9. The molecule has 1 amide bonds. The van der Waals surface area contributed by atoms with Gasteiger partial charge in [-0.1, -0.05) is 0 Å². The van der Waals surface area contributed by atoms with E-state index in [2.05, 4.69) is 20.6 Å². The van der Waals surface area contributed by atoms with Crippen molar-refractivity contribution in [1.82, 2.24) is 14.9 Å². The Kier molecular flexibility index (Phi) is 4.91. The van der Waals surface area contributed by atoms with E-state index in [9.17, 15) is 4.79 Å². The van der Waals surface area contributed by atoms with Crippen molar-refractivity contribution in [3.8, 4) is 0 Å². The van der Waals surface area contributed by atoms with Crippen LogP contribution in [0.15, 0.2) is 12.4 Å². The summed E-state index contributed by atoms with van der Waals surface area (Å²) in [6, 6.07) is 0. The first-order chi connectivity index (χ1) is 9.29. The van der Waals surface area contributed by atoms with E-state index >= 15 is 0 Å². The minimum absolute atomic E-state index is 0.147. The van der Waals surface area contributed by atoms with Crippen LogP contribution in [-0.2, 0) is 9.53 Å². The molecule has 2 heterocycles. The molecule has 104 valence electrons. The molecule has 0 atom stereocenters. The number of amides is 1. The normalized spacial score (nSPS) is 15.1.